The number of hydrogen-bond donors (Lipinski definition) is 1. The van der Waals surface area contributed by atoms with Crippen molar-refractivity contribution in [3.8, 4) is 0 Å². The summed E-state index contributed by atoms with van der Waals surface area (Å²) in [5.74, 6) is -1.15. The Bertz CT molecular complexity index is 605. The molecule has 1 aliphatic rings. The molecule has 1 aromatic carbocycles. The van der Waals surface area contributed by atoms with Crippen LogP contribution < -0.4 is 0 Å². The Morgan fingerprint density at radius 2 is 1.90 bits per heavy atom. The van der Waals surface area contributed by atoms with Gasteiger partial charge >= 0.3 is 5.97 Å². The molecule has 7 heteroatoms. The number of carbonyl (C=O) groups is 1. The van der Waals surface area contributed by atoms with Gasteiger partial charge in [-0.15, -0.1) is 0 Å². The molecule has 0 bridgehead atoms. The molecule has 0 aromatic heterocycles. The molecule has 0 aliphatic carbocycles. The first-order chi connectivity index (χ1) is 9.30. The van der Waals surface area contributed by atoms with E-state index in [1.807, 2.05) is 19.9 Å². The van der Waals surface area contributed by atoms with Gasteiger partial charge in [0.05, 0.1) is 18.0 Å². The number of benzene rings is 1. The third kappa shape index (κ3) is 3.00. The fraction of sp³-hybridized carbons (Fsp3) is 0.462. The number of aliphatic carboxylic acids is 1. The lowest BCUT2D eigenvalue weighted by molar-refractivity contribution is -0.153. The second-order valence-corrected chi connectivity index (χ2v) is 6.82. The second kappa shape index (κ2) is 5.51. The molecule has 1 heterocycles. The maximum absolute atomic E-state index is 12.5. The SMILES string of the molecule is Cc1cc(C)cc(S(=O)(=O)N2CCOC(C(=O)O)C2)c1. The molecule has 20 heavy (non-hydrogen) atoms. The minimum Gasteiger partial charge on any atom is -0.479 e. The minimum atomic E-state index is -3.68. The highest BCUT2D eigenvalue weighted by Gasteiger charge is 2.34. The number of carboxylic acids is 1. The maximum Gasteiger partial charge on any atom is 0.334 e. The van der Waals surface area contributed by atoms with Gasteiger partial charge in [0.2, 0.25) is 10.0 Å². The predicted molar refractivity (Wildman–Crippen MR) is 72.1 cm³/mol. The van der Waals surface area contributed by atoms with Gasteiger partial charge in [0.15, 0.2) is 6.10 Å². The Kier molecular flexibility index (Phi) is 4.12. The first-order valence-electron chi connectivity index (χ1n) is 6.23. The molecular formula is C13H17NO5S. The van der Waals surface area contributed by atoms with Gasteiger partial charge in [-0.2, -0.15) is 4.31 Å². The largest absolute Gasteiger partial charge is 0.479 e. The van der Waals surface area contributed by atoms with E-state index < -0.39 is 22.1 Å². The highest BCUT2D eigenvalue weighted by Crippen LogP contribution is 2.21. The van der Waals surface area contributed by atoms with Crippen LogP contribution >= 0.6 is 0 Å². The maximum atomic E-state index is 12.5. The summed E-state index contributed by atoms with van der Waals surface area (Å²) in [4.78, 5) is 11.1. The third-order valence-corrected chi connectivity index (χ3v) is 4.98. The topological polar surface area (TPSA) is 83.9 Å². The van der Waals surface area contributed by atoms with E-state index in [1.165, 1.54) is 4.31 Å². The van der Waals surface area contributed by atoms with Crippen LogP contribution in [0.15, 0.2) is 23.1 Å². The molecule has 1 fully saturated rings. The van der Waals surface area contributed by atoms with Crippen molar-refractivity contribution in [3.63, 3.8) is 0 Å². The molecule has 6 nitrogen and oxygen atoms in total. The van der Waals surface area contributed by atoms with Gasteiger partial charge < -0.3 is 9.84 Å². The molecular weight excluding hydrogens is 282 g/mol. The summed E-state index contributed by atoms with van der Waals surface area (Å²) in [6.45, 7) is 3.74. The van der Waals surface area contributed by atoms with Gasteiger partial charge in [0.1, 0.15) is 0 Å². The van der Waals surface area contributed by atoms with E-state index in [-0.39, 0.29) is 24.6 Å². The van der Waals surface area contributed by atoms with Crippen LogP contribution in [0.2, 0.25) is 0 Å². The molecule has 0 amide bonds. The predicted octanol–water partition coefficient (Wildman–Crippen LogP) is 0.778. The summed E-state index contributed by atoms with van der Waals surface area (Å²) in [5.41, 5.74) is 1.71. The fourth-order valence-electron chi connectivity index (χ4n) is 2.22. The van der Waals surface area contributed by atoms with E-state index in [2.05, 4.69) is 0 Å². The van der Waals surface area contributed by atoms with Crippen LogP contribution in [0.25, 0.3) is 0 Å². The van der Waals surface area contributed by atoms with Crippen LogP contribution in [0, 0.1) is 13.8 Å². The lowest BCUT2D eigenvalue weighted by Crippen LogP contribution is -2.48. The van der Waals surface area contributed by atoms with Crippen molar-refractivity contribution >= 4 is 16.0 Å². The molecule has 0 saturated carbocycles. The number of rotatable bonds is 3. The lowest BCUT2D eigenvalue weighted by atomic mass is 10.2. The number of morpholine rings is 1. The van der Waals surface area contributed by atoms with E-state index in [4.69, 9.17) is 9.84 Å². The van der Waals surface area contributed by atoms with Gasteiger partial charge in [0.25, 0.3) is 0 Å². The van der Waals surface area contributed by atoms with Crippen LogP contribution in [0.1, 0.15) is 11.1 Å². The average molecular weight is 299 g/mol. The smallest absolute Gasteiger partial charge is 0.334 e. The lowest BCUT2D eigenvalue weighted by Gasteiger charge is -2.30. The van der Waals surface area contributed by atoms with Crippen molar-refractivity contribution in [2.75, 3.05) is 19.7 Å². The van der Waals surface area contributed by atoms with Crippen molar-refractivity contribution in [1.29, 1.82) is 0 Å². The molecule has 1 aromatic rings. The summed E-state index contributed by atoms with van der Waals surface area (Å²) >= 11 is 0. The van der Waals surface area contributed by atoms with Crippen LogP contribution in [0.3, 0.4) is 0 Å². The molecule has 1 unspecified atom stereocenters. The molecule has 1 atom stereocenters. The Morgan fingerprint density at radius 1 is 1.30 bits per heavy atom. The Hall–Kier alpha value is -1.44. The number of sulfonamides is 1. The molecule has 2 rings (SSSR count). The molecule has 0 spiro atoms. The average Bonchev–Trinajstić information content (AvgIpc) is 2.37. The quantitative estimate of drug-likeness (QED) is 0.891. The monoisotopic (exact) mass is 299 g/mol. The summed E-state index contributed by atoms with van der Waals surface area (Å²) < 4.78 is 31.3. The van der Waals surface area contributed by atoms with Crippen molar-refractivity contribution in [1.82, 2.24) is 4.31 Å². The van der Waals surface area contributed by atoms with Crippen molar-refractivity contribution in [3.05, 3.63) is 29.3 Å². The highest BCUT2D eigenvalue weighted by molar-refractivity contribution is 7.89. The van der Waals surface area contributed by atoms with Gasteiger partial charge in [-0.05, 0) is 37.1 Å². The summed E-state index contributed by atoms with van der Waals surface area (Å²) in [6.07, 6.45) is -1.11. The molecule has 1 saturated heterocycles. The molecule has 1 aliphatic heterocycles. The molecule has 0 radical (unpaired) electrons. The van der Waals surface area contributed by atoms with Gasteiger partial charge in [-0.3, -0.25) is 0 Å². The van der Waals surface area contributed by atoms with Crippen molar-refractivity contribution < 1.29 is 23.1 Å². The zero-order valence-corrected chi connectivity index (χ0v) is 12.2. The zero-order valence-electron chi connectivity index (χ0n) is 11.4. The molecule has 110 valence electrons. The first kappa shape index (κ1) is 15.0. The van der Waals surface area contributed by atoms with Crippen molar-refractivity contribution in [2.24, 2.45) is 0 Å². The molecule has 1 N–H and O–H groups in total. The normalized spacial score (nSPS) is 20.8. The van der Waals surface area contributed by atoms with E-state index in [0.29, 0.717) is 0 Å². The Balaban J connectivity index is 2.32. The van der Waals surface area contributed by atoms with E-state index in [9.17, 15) is 13.2 Å². The summed E-state index contributed by atoms with van der Waals surface area (Å²) in [5, 5.41) is 8.93. The van der Waals surface area contributed by atoms with Gasteiger partial charge in [-0.25, -0.2) is 13.2 Å². The second-order valence-electron chi connectivity index (χ2n) is 4.88. The first-order valence-corrected chi connectivity index (χ1v) is 7.67. The number of carboxylic acid groups (broad SMARTS) is 1. The fourth-order valence-corrected chi connectivity index (χ4v) is 3.84. The van der Waals surface area contributed by atoms with Crippen LogP contribution in [-0.4, -0.2) is 49.6 Å². The van der Waals surface area contributed by atoms with Crippen molar-refractivity contribution in [2.45, 2.75) is 24.8 Å². The van der Waals surface area contributed by atoms with Crippen LogP contribution in [-0.2, 0) is 19.6 Å². The summed E-state index contributed by atoms with van der Waals surface area (Å²) in [6, 6.07) is 5.07. The highest BCUT2D eigenvalue weighted by atomic mass is 32.2. The van der Waals surface area contributed by atoms with E-state index in [1.54, 1.807) is 12.1 Å². The number of ether oxygens (including phenoxy) is 1. The number of nitrogens with zero attached hydrogens (tertiary/aromatic N) is 1. The van der Waals surface area contributed by atoms with Crippen LogP contribution in [0.4, 0.5) is 0 Å². The minimum absolute atomic E-state index is 0.0843. The number of aryl methyl sites for hydroxylation is 2. The zero-order chi connectivity index (χ0) is 14.9. The van der Waals surface area contributed by atoms with Crippen LogP contribution in [0.5, 0.6) is 0 Å². The van der Waals surface area contributed by atoms with E-state index in [0.717, 1.165) is 11.1 Å². The standard InChI is InChI=1S/C13H17NO5S/c1-9-5-10(2)7-11(6-9)20(17,18)14-3-4-19-12(8-14)13(15)16/h5-7,12H,3-4,8H2,1-2H3,(H,15,16). The Labute approximate surface area is 118 Å². The summed E-state index contributed by atoms with van der Waals surface area (Å²) in [7, 11) is -3.68. The van der Waals surface area contributed by atoms with E-state index >= 15 is 0 Å². The number of hydrogen-bond acceptors (Lipinski definition) is 4. The Morgan fingerprint density at radius 3 is 2.45 bits per heavy atom. The van der Waals surface area contributed by atoms with Gasteiger partial charge in [-0.1, -0.05) is 6.07 Å². The third-order valence-electron chi connectivity index (χ3n) is 3.14. The van der Waals surface area contributed by atoms with Gasteiger partial charge in [0, 0.05) is 6.54 Å².